The van der Waals surface area contributed by atoms with Gasteiger partial charge in [0.1, 0.15) is 11.5 Å². The highest BCUT2D eigenvalue weighted by Crippen LogP contribution is 2.19. The summed E-state index contributed by atoms with van der Waals surface area (Å²) in [6, 6.07) is 15.2. The quantitative estimate of drug-likeness (QED) is 0.703. The van der Waals surface area contributed by atoms with Gasteiger partial charge in [0, 0.05) is 40.2 Å². The fourth-order valence-electron chi connectivity index (χ4n) is 2.29. The first kappa shape index (κ1) is 18.7. The van der Waals surface area contributed by atoms with Crippen LogP contribution in [0.4, 0.5) is 0 Å². The van der Waals surface area contributed by atoms with E-state index in [1.807, 2.05) is 48.5 Å². The van der Waals surface area contributed by atoms with Gasteiger partial charge < -0.3 is 9.64 Å². The lowest BCUT2D eigenvalue weighted by Crippen LogP contribution is -2.30. The SMILES string of the molecule is COc1ccccc1CN(C)C(=O)C[S@](=O)Cc1cccc(Br)c1. The molecule has 2 aromatic carbocycles. The van der Waals surface area contributed by atoms with Crippen molar-refractivity contribution < 1.29 is 13.7 Å². The summed E-state index contributed by atoms with van der Waals surface area (Å²) in [4.78, 5) is 13.9. The van der Waals surface area contributed by atoms with Crippen molar-refractivity contribution >= 4 is 32.6 Å². The molecular weight excluding hydrogens is 390 g/mol. The Balaban J connectivity index is 1.92. The first-order valence-electron chi connectivity index (χ1n) is 7.45. The molecule has 2 rings (SSSR count). The molecule has 0 aliphatic carbocycles. The van der Waals surface area contributed by atoms with Crippen LogP contribution in [0.25, 0.3) is 0 Å². The third kappa shape index (κ3) is 5.46. The third-order valence-corrected chi connectivity index (χ3v) is 5.24. The molecule has 1 amide bonds. The van der Waals surface area contributed by atoms with Gasteiger partial charge in [0.05, 0.1) is 7.11 Å². The number of methoxy groups -OCH3 is 1. The van der Waals surface area contributed by atoms with Crippen molar-refractivity contribution in [1.29, 1.82) is 0 Å². The van der Waals surface area contributed by atoms with Gasteiger partial charge in [-0.15, -0.1) is 0 Å². The molecule has 6 heteroatoms. The van der Waals surface area contributed by atoms with Crippen molar-refractivity contribution in [3.63, 3.8) is 0 Å². The van der Waals surface area contributed by atoms with E-state index >= 15 is 0 Å². The van der Waals surface area contributed by atoms with Crippen LogP contribution in [0.2, 0.25) is 0 Å². The first-order chi connectivity index (χ1) is 11.5. The van der Waals surface area contributed by atoms with E-state index in [0.29, 0.717) is 12.3 Å². The molecule has 4 nitrogen and oxygen atoms in total. The second-order valence-electron chi connectivity index (χ2n) is 5.42. The van der Waals surface area contributed by atoms with Crippen LogP contribution in [0, 0.1) is 0 Å². The number of hydrogen-bond donors (Lipinski definition) is 0. The average Bonchev–Trinajstić information content (AvgIpc) is 2.55. The number of ether oxygens (including phenoxy) is 1. The van der Waals surface area contributed by atoms with Crippen LogP contribution < -0.4 is 4.74 Å². The number of carbonyl (C=O) groups excluding carboxylic acids is 1. The molecule has 2 aromatic rings. The molecule has 128 valence electrons. The zero-order valence-corrected chi connectivity index (χ0v) is 16.1. The zero-order valence-electron chi connectivity index (χ0n) is 13.7. The van der Waals surface area contributed by atoms with Gasteiger partial charge in [-0.05, 0) is 23.8 Å². The molecule has 0 saturated carbocycles. The molecule has 0 spiro atoms. The Morgan fingerprint density at radius 3 is 2.67 bits per heavy atom. The highest BCUT2D eigenvalue weighted by molar-refractivity contribution is 9.10. The smallest absolute Gasteiger partial charge is 0.235 e. The molecule has 0 heterocycles. The Kier molecular flexibility index (Phi) is 6.99. The van der Waals surface area contributed by atoms with E-state index in [1.165, 1.54) is 0 Å². The van der Waals surface area contributed by atoms with Crippen molar-refractivity contribution in [3.8, 4) is 5.75 Å². The summed E-state index contributed by atoms with van der Waals surface area (Å²) in [5, 5.41) is 0. The number of carbonyl (C=O) groups is 1. The molecule has 0 aliphatic rings. The number of amides is 1. The minimum Gasteiger partial charge on any atom is -0.496 e. The summed E-state index contributed by atoms with van der Waals surface area (Å²) in [6.07, 6.45) is 0. The largest absolute Gasteiger partial charge is 0.496 e. The van der Waals surface area contributed by atoms with E-state index in [-0.39, 0.29) is 11.7 Å². The lowest BCUT2D eigenvalue weighted by atomic mass is 10.2. The number of hydrogen-bond acceptors (Lipinski definition) is 3. The van der Waals surface area contributed by atoms with E-state index in [0.717, 1.165) is 21.3 Å². The standard InChI is InChI=1S/C18H20BrNO3S/c1-20(11-15-7-3-4-9-17(15)23-2)18(21)13-24(22)12-14-6-5-8-16(19)10-14/h3-10H,11-13H2,1-2H3/t24-/m1/s1. The van der Waals surface area contributed by atoms with E-state index in [4.69, 9.17) is 4.74 Å². The summed E-state index contributed by atoms with van der Waals surface area (Å²) in [6.45, 7) is 0.428. The molecule has 0 aliphatic heterocycles. The van der Waals surface area contributed by atoms with E-state index in [9.17, 15) is 9.00 Å². The Morgan fingerprint density at radius 2 is 1.96 bits per heavy atom. The monoisotopic (exact) mass is 409 g/mol. The maximum absolute atomic E-state index is 12.3. The number of benzene rings is 2. The van der Waals surface area contributed by atoms with E-state index in [1.54, 1.807) is 19.1 Å². The fourth-order valence-corrected chi connectivity index (χ4v) is 3.88. The lowest BCUT2D eigenvalue weighted by Gasteiger charge is -2.18. The molecular formula is C18H20BrNO3S. The predicted octanol–water partition coefficient (Wildman–Crippen LogP) is 3.37. The highest BCUT2D eigenvalue weighted by atomic mass is 79.9. The molecule has 0 fully saturated rings. The van der Waals surface area contributed by atoms with Crippen LogP contribution in [-0.4, -0.2) is 34.9 Å². The van der Waals surface area contributed by atoms with Crippen molar-refractivity contribution in [2.45, 2.75) is 12.3 Å². The minimum absolute atomic E-state index is 0.0121. The summed E-state index contributed by atoms with van der Waals surface area (Å²) in [7, 11) is 2.08. The number of rotatable bonds is 7. The average molecular weight is 410 g/mol. The van der Waals surface area contributed by atoms with Gasteiger partial charge in [-0.3, -0.25) is 9.00 Å². The number of para-hydroxylation sites is 1. The molecule has 0 saturated heterocycles. The predicted molar refractivity (Wildman–Crippen MR) is 100 cm³/mol. The summed E-state index contributed by atoms with van der Waals surface area (Å²) in [5.41, 5.74) is 1.87. The fraction of sp³-hybridized carbons (Fsp3) is 0.278. The van der Waals surface area contributed by atoms with Gasteiger partial charge in [0.2, 0.25) is 5.91 Å². The maximum Gasteiger partial charge on any atom is 0.235 e. The summed E-state index contributed by atoms with van der Waals surface area (Å²) < 4.78 is 18.5. The topological polar surface area (TPSA) is 46.6 Å². The van der Waals surface area contributed by atoms with Gasteiger partial charge in [-0.1, -0.05) is 46.3 Å². The van der Waals surface area contributed by atoms with Crippen molar-refractivity contribution in [2.24, 2.45) is 0 Å². The van der Waals surface area contributed by atoms with Crippen molar-refractivity contribution in [3.05, 3.63) is 64.1 Å². The zero-order chi connectivity index (χ0) is 17.5. The van der Waals surface area contributed by atoms with Crippen LogP contribution in [-0.2, 0) is 27.9 Å². The number of halogens is 1. The van der Waals surface area contributed by atoms with Crippen molar-refractivity contribution in [1.82, 2.24) is 4.90 Å². The lowest BCUT2D eigenvalue weighted by molar-refractivity contribution is -0.127. The van der Waals surface area contributed by atoms with E-state index < -0.39 is 10.8 Å². The molecule has 24 heavy (non-hydrogen) atoms. The van der Waals surface area contributed by atoms with Gasteiger partial charge in [-0.2, -0.15) is 0 Å². The highest BCUT2D eigenvalue weighted by Gasteiger charge is 2.15. The second kappa shape index (κ2) is 8.99. The Bertz CT molecular complexity index is 736. The van der Waals surface area contributed by atoms with Gasteiger partial charge >= 0.3 is 0 Å². The Morgan fingerprint density at radius 1 is 1.21 bits per heavy atom. The molecule has 0 bridgehead atoms. The molecule has 0 aromatic heterocycles. The normalized spacial score (nSPS) is 11.8. The minimum atomic E-state index is -1.24. The van der Waals surface area contributed by atoms with Crippen molar-refractivity contribution in [2.75, 3.05) is 19.9 Å². The van der Waals surface area contributed by atoms with Crippen LogP contribution in [0.5, 0.6) is 5.75 Å². The van der Waals surface area contributed by atoms with E-state index in [2.05, 4.69) is 15.9 Å². The van der Waals surface area contributed by atoms with Gasteiger partial charge in [0.15, 0.2) is 0 Å². The van der Waals surface area contributed by atoms with Gasteiger partial charge in [0.25, 0.3) is 0 Å². The van der Waals surface area contributed by atoms with Crippen LogP contribution in [0.1, 0.15) is 11.1 Å². The maximum atomic E-state index is 12.3. The summed E-state index contributed by atoms with van der Waals surface area (Å²) in [5.74, 6) is 0.980. The van der Waals surface area contributed by atoms with Crippen LogP contribution >= 0.6 is 15.9 Å². The van der Waals surface area contributed by atoms with Gasteiger partial charge in [-0.25, -0.2) is 0 Å². The molecule has 0 unspecified atom stereocenters. The molecule has 1 atom stereocenters. The summed E-state index contributed by atoms with van der Waals surface area (Å²) >= 11 is 3.39. The van der Waals surface area contributed by atoms with Crippen LogP contribution in [0.3, 0.4) is 0 Å². The number of nitrogens with zero attached hydrogens (tertiary/aromatic N) is 1. The first-order valence-corrected chi connectivity index (χ1v) is 9.73. The second-order valence-corrected chi connectivity index (χ2v) is 7.79. The molecule has 0 N–H and O–H groups in total. The Labute approximate surface area is 153 Å². The molecule has 0 radical (unpaired) electrons. The third-order valence-electron chi connectivity index (χ3n) is 3.53. The van der Waals surface area contributed by atoms with Crippen LogP contribution in [0.15, 0.2) is 53.0 Å². The Hall–Kier alpha value is -1.66.